The van der Waals surface area contributed by atoms with E-state index < -0.39 is 66.0 Å². The minimum atomic E-state index is -1.26. The number of likely N-dealkylation sites (tertiary alicyclic amines) is 1. The summed E-state index contributed by atoms with van der Waals surface area (Å²) in [6.07, 6.45) is 2.06. The van der Waals surface area contributed by atoms with Gasteiger partial charge in [0.2, 0.25) is 5.91 Å². The summed E-state index contributed by atoms with van der Waals surface area (Å²) in [5, 5.41) is 27.8. The summed E-state index contributed by atoms with van der Waals surface area (Å²) >= 11 is 0. The predicted octanol–water partition coefficient (Wildman–Crippen LogP) is 1.32. The molecular formula is C24H32N2O9. The number of esters is 1. The van der Waals surface area contributed by atoms with Crippen molar-refractivity contribution in [3.63, 3.8) is 0 Å². The van der Waals surface area contributed by atoms with E-state index in [0.717, 1.165) is 0 Å². The Bertz CT molecular complexity index is 1120. The van der Waals surface area contributed by atoms with Crippen molar-refractivity contribution in [2.45, 2.75) is 57.7 Å². The lowest BCUT2D eigenvalue weighted by Crippen LogP contribution is -2.53. The smallest absolute Gasteiger partial charge is 0.328 e. The largest absolute Gasteiger partial charge is 0.480 e. The lowest BCUT2D eigenvalue weighted by molar-refractivity contribution is -0.150. The fourth-order valence-electron chi connectivity index (χ4n) is 3.25. The third kappa shape index (κ3) is 10.8. The molecule has 1 aromatic carbocycles. The Hall–Kier alpha value is -3.73. The SMILES string of the molecule is O=C(O)C=CC(=O)O.[2H]c1c([2H])c([2H])c(CC[C@H](N[C@@H](C)C(=O)N2CCC[C@H]2C(=O)O)C(=O)OCC)c([2H])c1[2H]. The first-order valence-corrected chi connectivity index (χ1v) is 10.8. The van der Waals surface area contributed by atoms with Crippen LogP contribution in [0.3, 0.4) is 0 Å². The van der Waals surface area contributed by atoms with E-state index in [9.17, 15) is 29.1 Å². The highest BCUT2D eigenvalue weighted by Crippen LogP contribution is 2.19. The molecule has 11 heteroatoms. The zero-order valence-electron chi connectivity index (χ0n) is 24.4. The van der Waals surface area contributed by atoms with Crippen LogP contribution >= 0.6 is 0 Å². The molecule has 0 aromatic heterocycles. The topological polar surface area (TPSA) is 171 Å². The number of carboxylic acids is 3. The molecule has 0 aliphatic carbocycles. The summed E-state index contributed by atoms with van der Waals surface area (Å²) in [6.45, 7) is 3.56. The molecule has 0 radical (unpaired) electrons. The average molecular weight is 498 g/mol. The van der Waals surface area contributed by atoms with Crippen LogP contribution in [0.1, 0.15) is 45.5 Å². The number of nitrogens with zero attached hydrogens (tertiary/aromatic N) is 1. The molecule has 1 fully saturated rings. The molecule has 1 aromatic rings. The van der Waals surface area contributed by atoms with Crippen molar-refractivity contribution in [1.82, 2.24) is 10.2 Å². The quantitative estimate of drug-likeness (QED) is 0.258. The Morgan fingerprint density at radius 1 is 1.14 bits per heavy atom. The maximum absolute atomic E-state index is 12.8. The summed E-state index contributed by atoms with van der Waals surface area (Å²) in [5.41, 5.74) is 0.0663. The first kappa shape index (κ1) is 21.8. The Labute approximate surface area is 210 Å². The maximum atomic E-state index is 12.8. The molecule has 0 saturated carbocycles. The van der Waals surface area contributed by atoms with Crippen molar-refractivity contribution in [3.8, 4) is 0 Å². The molecule has 35 heavy (non-hydrogen) atoms. The number of benzene rings is 1. The summed E-state index contributed by atoms with van der Waals surface area (Å²) in [4.78, 5) is 57.0. The van der Waals surface area contributed by atoms with Crippen LogP contribution in [0.2, 0.25) is 0 Å². The number of carbonyl (C=O) groups excluding carboxylic acids is 2. The Morgan fingerprint density at radius 3 is 2.26 bits per heavy atom. The van der Waals surface area contributed by atoms with Crippen molar-refractivity contribution in [1.29, 1.82) is 0 Å². The van der Waals surface area contributed by atoms with E-state index in [1.807, 2.05) is 0 Å². The second-order valence-corrected chi connectivity index (χ2v) is 7.37. The number of hydrogen-bond acceptors (Lipinski definition) is 7. The highest BCUT2D eigenvalue weighted by Gasteiger charge is 2.36. The van der Waals surface area contributed by atoms with Gasteiger partial charge in [-0.1, -0.05) is 30.2 Å². The summed E-state index contributed by atoms with van der Waals surface area (Å²) in [5.74, 6) is -4.69. The van der Waals surface area contributed by atoms with Crippen molar-refractivity contribution in [2.75, 3.05) is 13.2 Å². The van der Waals surface area contributed by atoms with Crippen LogP contribution in [-0.4, -0.2) is 81.3 Å². The molecular weight excluding hydrogens is 460 g/mol. The minimum Gasteiger partial charge on any atom is -0.480 e. The number of aliphatic carboxylic acids is 3. The number of ether oxygens (including phenoxy) is 1. The second-order valence-electron chi connectivity index (χ2n) is 7.37. The van der Waals surface area contributed by atoms with Gasteiger partial charge in [-0.3, -0.25) is 14.9 Å². The van der Waals surface area contributed by atoms with Crippen LogP contribution in [0.4, 0.5) is 0 Å². The highest BCUT2D eigenvalue weighted by molar-refractivity contribution is 5.89. The molecule has 1 aliphatic rings. The fourth-order valence-corrected chi connectivity index (χ4v) is 3.25. The van der Waals surface area contributed by atoms with Crippen molar-refractivity contribution in [2.24, 2.45) is 0 Å². The molecule has 0 spiro atoms. The molecule has 1 saturated heterocycles. The monoisotopic (exact) mass is 497 g/mol. The lowest BCUT2D eigenvalue weighted by Gasteiger charge is -2.27. The van der Waals surface area contributed by atoms with Gasteiger partial charge in [-0.05, 0) is 45.1 Å². The number of carboxylic acid groups (broad SMARTS) is 3. The van der Waals surface area contributed by atoms with E-state index in [1.54, 1.807) is 6.92 Å². The molecule has 1 heterocycles. The summed E-state index contributed by atoms with van der Waals surface area (Å²) in [6, 6.07) is -4.88. The van der Waals surface area contributed by atoms with E-state index in [-0.39, 0.29) is 37.1 Å². The second kappa shape index (κ2) is 15.2. The van der Waals surface area contributed by atoms with Gasteiger partial charge < -0.3 is 25.0 Å². The Kier molecular flexibility index (Phi) is 9.47. The number of hydrogen-bond donors (Lipinski definition) is 4. The predicted molar refractivity (Wildman–Crippen MR) is 125 cm³/mol. The van der Waals surface area contributed by atoms with Crippen LogP contribution < -0.4 is 5.32 Å². The van der Waals surface area contributed by atoms with Crippen LogP contribution in [0.25, 0.3) is 0 Å². The van der Waals surface area contributed by atoms with Gasteiger partial charge in [0, 0.05) is 18.7 Å². The number of nitrogens with one attached hydrogen (secondary N) is 1. The van der Waals surface area contributed by atoms with Gasteiger partial charge in [-0.25, -0.2) is 14.4 Å². The molecule has 0 bridgehead atoms. The first-order chi connectivity index (χ1) is 18.6. The minimum absolute atomic E-state index is 0.0193. The van der Waals surface area contributed by atoms with Gasteiger partial charge in [0.15, 0.2) is 0 Å². The fraction of sp³-hybridized carbons (Fsp3) is 0.458. The molecule has 1 aliphatic heterocycles. The Balaban J connectivity index is 0.000000869. The molecule has 3 atom stereocenters. The lowest BCUT2D eigenvalue weighted by atomic mass is 10.0. The van der Waals surface area contributed by atoms with E-state index in [1.165, 1.54) is 11.8 Å². The molecule has 192 valence electrons. The molecule has 2 rings (SSSR count). The third-order valence-electron chi connectivity index (χ3n) is 4.82. The van der Waals surface area contributed by atoms with Gasteiger partial charge in [0.25, 0.3) is 0 Å². The molecule has 11 nitrogen and oxygen atoms in total. The number of amides is 1. The molecule has 1 amide bonds. The van der Waals surface area contributed by atoms with Gasteiger partial charge in [0.1, 0.15) is 12.1 Å². The van der Waals surface area contributed by atoms with E-state index in [0.29, 0.717) is 31.5 Å². The van der Waals surface area contributed by atoms with Gasteiger partial charge in [-0.15, -0.1) is 0 Å². The van der Waals surface area contributed by atoms with Crippen molar-refractivity contribution < 1.29 is 50.9 Å². The number of carbonyl (C=O) groups is 5. The maximum Gasteiger partial charge on any atom is 0.328 e. The van der Waals surface area contributed by atoms with Crippen LogP contribution in [0.15, 0.2) is 42.4 Å². The summed E-state index contributed by atoms with van der Waals surface area (Å²) < 4.78 is 44.4. The van der Waals surface area contributed by atoms with E-state index >= 15 is 0 Å². The van der Waals surface area contributed by atoms with E-state index in [2.05, 4.69) is 5.32 Å². The highest BCUT2D eigenvalue weighted by atomic mass is 16.5. The Morgan fingerprint density at radius 2 is 1.74 bits per heavy atom. The van der Waals surface area contributed by atoms with Crippen LogP contribution in [-0.2, 0) is 35.1 Å². The molecule has 4 N–H and O–H groups in total. The van der Waals surface area contributed by atoms with Crippen LogP contribution in [0, 0.1) is 0 Å². The van der Waals surface area contributed by atoms with Crippen molar-refractivity contribution >= 4 is 29.8 Å². The summed E-state index contributed by atoms with van der Waals surface area (Å²) in [7, 11) is 0. The standard InChI is InChI=1S/C20H28N2O5.C4H4O4/c1-3-27-20(26)16(12-11-15-8-5-4-6-9-15)21-14(2)18(23)22-13-7-10-17(22)19(24)25;5-3(6)1-2-4(7)8/h4-6,8-9,14,16-17,21H,3,7,10-13H2,1-2H3,(H,24,25);1-2H,(H,5,6)(H,7,8)/t14-,16-,17-;/m0./s1/i4D,5D,6D,8D,9D;. The zero-order valence-corrected chi connectivity index (χ0v) is 19.4. The average Bonchev–Trinajstić information content (AvgIpc) is 3.39. The molecule has 0 unspecified atom stereocenters. The van der Waals surface area contributed by atoms with Gasteiger partial charge in [-0.2, -0.15) is 0 Å². The normalized spacial score (nSPS) is 18.6. The number of rotatable bonds is 11. The van der Waals surface area contributed by atoms with E-state index in [4.69, 9.17) is 21.8 Å². The van der Waals surface area contributed by atoms with Gasteiger partial charge in [0.05, 0.1) is 19.5 Å². The zero-order chi connectivity index (χ0) is 30.7. The first-order valence-electron chi connectivity index (χ1n) is 13.3. The third-order valence-corrected chi connectivity index (χ3v) is 4.82. The van der Waals surface area contributed by atoms with Crippen LogP contribution in [0.5, 0.6) is 0 Å². The van der Waals surface area contributed by atoms with Crippen molar-refractivity contribution in [3.05, 3.63) is 47.9 Å². The van der Waals surface area contributed by atoms with Gasteiger partial charge >= 0.3 is 23.9 Å².